The number of carboxylic acids is 1. The molecule has 24 heavy (non-hydrogen) atoms. The van der Waals surface area contributed by atoms with E-state index in [1.807, 2.05) is 32.9 Å². The second kappa shape index (κ2) is 7.23. The highest BCUT2D eigenvalue weighted by molar-refractivity contribution is 5.94. The van der Waals surface area contributed by atoms with Gasteiger partial charge in [-0.25, -0.2) is 9.78 Å². The van der Waals surface area contributed by atoms with Crippen LogP contribution in [0.15, 0.2) is 30.3 Å². The summed E-state index contributed by atoms with van der Waals surface area (Å²) in [6.07, 6.45) is 0. The Morgan fingerprint density at radius 2 is 1.71 bits per heavy atom. The molecule has 6 nitrogen and oxygen atoms in total. The second-order valence-electron chi connectivity index (χ2n) is 5.73. The largest absolute Gasteiger partial charge is 0.477 e. The summed E-state index contributed by atoms with van der Waals surface area (Å²) in [7, 11) is 0. The summed E-state index contributed by atoms with van der Waals surface area (Å²) in [6.45, 7) is 5.56. The van der Waals surface area contributed by atoms with Crippen molar-refractivity contribution in [3.8, 4) is 0 Å². The minimum absolute atomic E-state index is 0.00392. The van der Waals surface area contributed by atoms with Gasteiger partial charge in [-0.15, -0.1) is 0 Å². The van der Waals surface area contributed by atoms with Crippen molar-refractivity contribution in [1.82, 2.24) is 10.3 Å². The normalized spacial score (nSPS) is 11.8. The Bertz CT molecular complexity index is 763. The summed E-state index contributed by atoms with van der Waals surface area (Å²) in [5.74, 6) is -1.73. The van der Waals surface area contributed by atoms with Crippen LogP contribution in [0.2, 0.25) is 0 Å². The van der Waals surface area contributed by atoms with Gasteiger partial charge in [0, 0.05) is 0 Å². The SMILES string of the molecule is Cc1cc(C)c(C(CO)NC(=O)c2cccc(C(=O)O)n2)c(C)c1. The molecule has 1 amide bonds. The van der Waals surface area contributed by atoms with Crippen molar-refractivity contribution in [2.75, 3.05) is 6.61 Å². The van der Waals surface area contributed by atoms with Gasteiger partial charge in [0.2, 0.25) is 0 Å². The van der Waals surface area contributed by atoms with Gasteiger partial charge in [-0.05, 0) is 49.6 Å². The fraction of sp³-hybridized carbons (Fsp3) is 0.278. The van der Waals surface area contributed by atoms with E-state index in [0.717, 1.165) is 22.3 Å². The summed E-state index contributed by atoms with van der Waals surface area (Å²) in [5, 5.41) is 21.4. The maximum Gasteiger partial charge on any atom is 0.354 e. The van der Waals surface area contributed by atoms with Crippen molar-refractivity contribution in [2.45, 2.75) is 26.8 Å². The Morgan fingerprint density at radius 3 is 2.25 bits per heavy atom. The van der Waals surface area contributed by atoms with E-state index < -0.39 is 17.9 Å². The van der Waals surface area contributed by atoms with E-state index in [2.05, 4.69) is 10.3 Å². The minimum atomic E-state index is -1.20. The molecule has 0 radical (unpaired) electrons. The lowest BCUT2D eigenvalue weighted by Crippen LogP contribution is -2.32. The standard InChI is InChI=1S/C18H20N2O4/c1-10-7-11(2)16(12(3)8-10)15(9-21)20-17(22)13-5-4-6-14(19-13)18(23)24/h4-8,15,21H,9H2,1-3H3,(H,20,22)(H,23,24). The molecule has 1 aromatic heterocycles. The molecule has 0 saturated carbocycles. The average Bonchev–Trinajstić information content (AvgIpc) is 2.52. The van der Waals surface area contributed by atoms with Crippen LogP contribution in [0.4, 0.5) is 0 Å². The van der Waals surface area contributed by atoms with Crippen molar-refractivity contribution in [2.24, 2.45) is 0 Å². The molecule has 126 valence electrons. The van der Waals surface area contributed by atoms with Crippen LogP contribution in [0.25, 0.3) is 0 Å². The lowest BCUT2D eigenvalue weighted by molar-refractivity contribution is 0.0690. The zero-order valence-electron chi connectivity index (χ0n) is 13.8. The maximum atomic E-state index is 12.4. The molecule has 1 atom stereocenters. The number of aromatic carboxylic acids is 1. The van der Waals surface area contributed by atoms with Gasteiger partial charge in [0.1, 0.15) is 11.4 Å². The molecule has 3 N–H and O–H groups in total. The first-order valence-electron chi connectivity index (χ1n) is 7.53. The van der Waals surface area contributed by atoms with Crippen molar-refractivity contribution in [3.63, 3.8) is 0 Å². The Morgan fingerprint density at radius 1 is 1.12 bits per heavy atom. The highest BCUT2D eigenvalue weighted by Gasteiger charge is 2.20. The third kappa shape index (κ3) is 3.78. The van der Waals surface area contributed by atoms with E-state index in [-0.39, 0.29) is 18.0 Å². The van der Waals surface area contributed by atoms with E-state index in [1.165, 1.54) is 18.2 Å². The first kappa shape index (κ1) is 17.6. The van der Waals surface area contributed by atoms with Crippen LogP contribution in [0, 0.1) is 20.8 Å². The van der Waals surface area contributed by atoms with Gasteiger partial charge in [0.15, 0.2) is 0 Å². The predicted molar refractivity (Wildman–Crippen MR) is 89.1 cm³/mol. The summed E-state index contributed by atoms with van der Waals surface area (Å²) >= 11 is 0. The summed E-state index contributed by atoms with van der Waals surface area (Å²) in [4.78, 5) is 27.2. The van der Waals surface area contributed by atoms with Gasteiger partial charge >= 0.3 is 5.97 Å². The van der Waals surface area contributed by atoms with Crippen LogP contribution in [-0.2, 0) is 0 Å². The molecule has 1 aromatic carbocycles. The van der Waals surface area contributed by atoms with Crippen LogP contribution in [-0.4, -0.2) is 33.7 Å². The highest BCUT2D eigenvalue weighted by atomic mass is 16.4. The molecular weight excluding hydrogens is 308 g/mol. The monoisotopic (exact) mass is 328 g/mol. The molecular formula is C18H20N2O4. The molecule has 0 aliphatic heterocycles. The van der Waals surface area contributed by atoms with Crippen molar-refractivity contribution < 1.29 is 19.8 Å². The Labute approximate surface area is 140 Å². The zero-order chi connectivity index (χ0) is 17.9. The van der Waals surface area contributed by atoms with E-state index in [4.69, 9.17) is 5.11 Å². The number of aromatic nitrogens is 1. The van der Waals surface area contributed by atoms with Gasteiger partial charge in [-0.2, -0.15) is 0 Å². The number of rotatable bonds is 5. The van der Waals surface area contributed by atoms with E-state index in [1.54, 1.807) is 0 Å². The molecule has 1 heterocycles. The van der Waals surface area contributed by atoms with Crippen LogP contribution >= 0.6 is 0 Å². The third-order valence-corrected chi connectivity index (χ3v) is 3.78. The van der Waals surface area contributed by atoms with Crippen LogP contribution in [0.3, 0.4) is 0 Å². The van der Waals surface area contributed by atoms with E-state index in [0.29, 0.717) is 0 Å². The minimum Gasteiger partial charge on any atom is -0.477 e. The number of pyridine rings is 1. The summed E-state index contributed by atoms with van der Waals surface area (Å²) < 4.78 is 0. The number of hydrogen-bond donors (Lipinski definition) is 3. The van der Waals surface area contributed by atoms with Gasteiger partial charge in [0.25, 0.3) is 5.91 Å². The Balaban J connectivity index is 2.29. The van der Waals surface area contributed by atoms with Crippen LogP contribution < -0.4 is 5.32 Å². The third-order valence-electron chi connectivity index (χ3n) is 3.78. The number of aliphatic hydroxyl groups is 1. The summed E-state index contributed by atoms with van der Waals surface area (Å²) in [5.41, 5.74) is 3.69. The maximum absolute atomic E-state index is 12.4. The van der Waals surface area contributed by atoms with Gasteiger partial charge in [-0.1, -0.05) is 23.8 Å². The Hall–Kier alpha value is -2.73. The number of carboxylic acid groups (broad SMARTS) is 1. The quantitative estimate of drug-likeness (QED) is 0.781. The number of nitrogens with zero attached hydrogens (tertiary/aromatic N) is 1. The topological polar surface area (TPSA) is 99.5 Å². The number of aliphatic hydroxyl groups excluding tert-OH is 1. The van der Waals surface area contributed by atoms with Gasteiger partial charge in [0.05, 0.1) is 12.6 Å². The highest BCUT2D eigenvalue weighted by Crippen LogP contribution is 2.23. The smallest absolute Gasteiger partial charge is 0.354 e. The van der Waals surface area contributed by atoms with Crippen molar-refractivity contribution in [3.05, 3.63) is 64.0 Å². The van der Waals surface area contributed by atoms with E-state index >= 15 is 0 Å². The molecule has 2 rings (SSSR count). The fourth-order valence-corrected chi connectivity index (χ4v) is 2.86. The fourth-order valence-electron chi connectivity index (χ4n) is 2.86. The molecule has 0 fully saturated rings. The molecule has 0 saturated heterocycles. The Kier molecular flexibility index (Phi) is 5.31. The average molecular weight is 328 g/mol. The number of carbonyl (C=O) groups is 2. The molecule has 0 aliphatic carbocycles. The molecule has 6 heteroatoms. The van der Waals surface area contributed by atoms with Crippen molar-refractivity contribution >= 4 is 11.9 Å². The second-order valence-corrected chi connectivity index (χ2v) is 5.73. The van der Waals surface area contributed by atoms with Gasteiger partial charge in [-0.3, -0.25) is 4.79 Å². The van der Waals surface area contributed by atoms with Gasteiger partial charge < -0.3 is 15.5 Å². The lowest BCUT2D eigenvalue weighted by atomic mass is 9.94. The number of benzene rings is 1. The lowest BCUT2D eigenvalue weighted by Gasteiger charge is -2.21. The molecule has 2 aromatic rings. The first-order valence-corrected chi connectivity index (χ1v) is 7.53. The van der Waals surface area contributed by atoms with Crippen molar-refractivity contribution in [1.29, 1.82) is 0 Å². The molecule has 0 spiro atoms. The van der Waals surface area contributed by atoms with Crippen LogP contribution in [0.5, 0.6) is 0 Å². The molecule has 0 aliphatic rings. The number of carbonyl (C=O) groups excluding carboxylic acids is 1. The zero-order valence-corrected chi connectivity index (χ0v) is 13.8. The summed E-state index contributed by atoms with van der Waals surface area (Å²) in [6, 6.07) is 7.60. The number of aryl methyl sites for hydroxylation is 3. The van der Waals surface area contributed by atoms with E-state index in [9.17, 15) is 14.7 Å². The molecule has 0 bridgehead atoms. The number of amides is 1. The number of hydrogen-bond acceptors (Lipinski definition) is 4. The molecule has 1 unspecified atom stereocenters. The van der Waals surface area contributed by atoms with Crippen LogP contribution in [0.1, 0.15) is 49.3 Å². The predicted octanol–water partition coefficient (Wildman–Crippen LogP) is 2.17. The number of nitrogens with one attached hydrogen (secondary N) is 1. The first-order chi connectivity index (χ1) is 11.3.